The van der Waals surface area contributed by atoms with Gasteiger partial charge in [-0.25, -0.2) is 0 Å². The Balaban J connectivity index is 2.25. The van der Waals surface area contributed by atoms with Crippen molar-refractivity contribution in [3.05, 3.63) is 48.7 Å². The molecule has 2 aromatic rings. The first-order valence-electron chi connectivity index (χ1n) is 5.12. The van der Waals surface area contributed by atoms with Crippen molar-refractivity contribution in [2.45, 2.75) is 0 Å². The summed E-state index contributed by atoms with van der Waals surface area (Å²) in [6, 6.07) is 6.85. The van der Waals surface area contributed by atoms with Crippen molar-refractivity contribution in [2.24, 2.45) is 5.73 Å². The van der Waals surface area contributed by atoms with Crippen LogP contribution < -0.4 is 11.1 Å². The first-order chi connectivity index (χ1) is 8.97. The van der Waals surface area contributed by atoms with Crippen LogP contribution in [0, 0.1) is 2.88 Å². The maximum absolute atomic E-state index is 12.0. The normalized spacial score (nSPS) is 10.2. The van der Waals surface area contributed by atoms with Crippen LogP contribution in [0.4, 0.5) is 5.69 Å². The summed E-state index contributed by atoms with van der Waals surface area (Å²) in [4.78, 5) is 12.3. The lowest BCUT2D eigenvalue weighted by atomic mass is 10.2. The number of carbonyl (C=O) groups is 1. The molecule has 0 radical (unpaired) electrons. The number of benzene rings is 1. The van der Waals surface area contributed by atoms with Gasteiger partial charge in [0, 0.05) is 10.9 Å². The average molecular weight is 423 g/mol. The van der Waals surface area contributed by atoms with Gasteiger partial charge in [-0.3, -0.25) is 4.79 Å². The van der Waals surface area contributed by atoms with Crippen molar-refractivity contribution in [1.82, 2.24) is 0 Å². The highest BCUT2D eigenvalue weighted by molar-refractivity contribution is 14.1. The van der Waals surface area contributed by atoms with E-state index in [0.717, 1.165) is 2.88 Å². The summed E-state index contributed by atoms with van der Waals surface area (Å²) in [7, 11) is 0. The molecular formula is C12H8ClIN2OS2. The molecule has 0 spiro atoms. The van der Waals surface area contributed by atoms with E-state index in [1.165, 1.54) is 11.3 Å². The van der Waals surface area contributed by atoms with Gasteiger partial charge in [0.1, 0.15) is 4.99 Å². The summed E-state index contributed by atoms with van der Waals surface area (Å²) in [6.45, 7) is 0. The number of amides is 1. The van der Waals surface area contributed by atoms with Crippen molar-refractivity contribution < 1.29 is 4.79 Å². The lowest BCUT2D eigenvalue weighted by molar-refractivity contribution is 0.102. The molecule has 0 aliphatic heterocycles. The number of nitrogens with one attached hydrogen (secondary N) is 1. The monoisotopic (exact) mass is 422 g/mol. The van der Waals surface area contributed by atoms with Gasteiger partial charge in [-0.05, 0) is 40.8 Å². The third-order valence-corrected chi connectivity index (χ3v) is 4.68. The smallest absolute Gasteiger partial charge is 0.256 e. The molecule has 2 rings (SSSR count). The maximum Gasteiger partial charge on any atom is 0.256 e. The number of hydrogen-bond acceptors (Lipinski definition) is 3. The molecule has 0 fully saturated rings. The lowest BCUT2D eigenvalue weighted by Gasteiger charge is -2.08. The van der Waals surface area contributed by atoms with Gasteiger partial charge in [-0.2, -0.15) is 0 Å². The number of thiocarbonyl (C=S) groups is 1. The minimum absolute atomic E-state index is 0.207. The van der Waals surface area contributed by atoms with Crippen molar-refractivity contribution in [3.8, 4) is 0 Å². The van der Waals surface area contributed by atoms with Crippen LogP contribution >= 0.6 is 57.7 Å². The number of carbonyl (C=O) groups excluding carboxylic acids is 1. The Morgan fingerprint density at radius 3 is 2.68 bits per heavy atom. The quantitative estimate of drug-likeness (QED) is 0.583. The molecule has 7 heteroatoms. The van der Waals surface area contributed by atoms with Crippen LogP contribution in [0.2, 0.25) is 5.02 Å². The fourth-order valence-electron chi connectivity index (χ4n) is 1.40. The number of hydrogen-bond donors (Lipinski definition) is 2. The second-order valence-corrected chi connectivity index (χ2v) is 7.30. The van der Waals surface area contributed by atoms with Crippen LogP contribution in [-0.4, -0.2) is 10.9 Å². The molecule has 0 saturated heterocycles. The summed E-state index contributed by atoms with van der Waals surface area (Å²) < 4.78 is 1.05. The summed E-state index contributed by atoms with van der Waals surface area (Å²) in [5.41, 5.74) is 7.32. The van der Waals surface area contributed by atoms with Gasteiger partial charge in [0.2, 0.25) is 0 Å². The van der Waals surface area contributed by atoms with Crippen LogP contribution in [0.3, 0.4) is 0 Å². The Bertz CT molecular complexity index is 657. The molecule has 1 amide bonds. The first-order valence-corrected chi connectivity index (χ1v) is 7.86. The van der Waals surface area contributed by atoms with E-state index in [4.69, 9.17) is 29.6 Å². The van der Waals surface area contributed by atoms with Gasteiger partial charge in [-0.15, -0.1) is 11.3 Å². The maximum atomic E-state index is 12.0. The predicted molar refractivity (Wildman–Crippen MR) is 92.3 cm³/mol. The molecule has 1 heterocycles. The van der Waals surface area contributed by atoms with Crippen molar-refractivity contribution >= 4 is 74.3 Å². The molecule has 0 atom stereocenters. The summed E-state index contributed by atoms with van der Waals surface area (Å²) in [6.07, 6.45) is 0. The van der Waals surface area contributed by atoms with Gasteiger partial charge in [0.25, 0.3) is 5.91 Å². The van der Waals surface area contributed by atoms with Gasteiger partial charge < -0.3 is 11.1 Å². The largest absolute Gasteiger partial charge is 0.389 e. The molecule has 0 saturated carbocycles. The number of rotatable bonds is 3. The van der Waals surface area contributed by atoms with E-state index in [1.807, 2.05) is 6.07 Å². The highest BCUT2D eigenvalue weighted by Crippen LogP contribution is 2.24. The van der Waals surface area contributed by atoms with Crippen molar-refractivity contribution in [1.29, 1.82) is 0 Å². The Kier molecular flexibility index (Phi) is 4.77. The Labute approximate surface area is 138 Å². The van der Waals surface area contributed by atoms with Gasteiger partial charge in [0.05, 0.1) is 19.2 Å². The van der Waals surface area contributed by atoms with Crippen LogP contribution in [0.25, 0.3) is 0 Å². The third-order valence-electron chi connectivity index (χ3n) is 2.33. The zero-order valence-electron chi connectivity index (χ0n) is 9.44. The summed E-state index contributed by atoms with van der Waals surface area (Å²) in [5, 5.41) is 4.99. The fourth-order valence-corrected chi connectivity index (χ4v) is 3.02. The molecule has 0 aliphatic rings. The van der Waals surface area contributed by atoms with Crippen LogP contribution in [0.1, 0.15) is 15.9 Å². The molecule has 1 aromatic heterocycles. The molecule has 0 aliphatic carbocycles. The zero-order chi connectivity index (χ0) is 14.0. The van der Waals surface area contributed by atoms with E-state index in [2.05, 4.69) is 27.9 Å². The van der Waals surface area contributed by atoms with Crippen LogP contribution in [-0.2, 0) is 0 Å². The summed E-state index contributed by atoms with van der Waals surface area (Å²) >= 11 is 14.6. The highest BCUT2D eigenvalue weighted by Gasteiger charge is 2.11. The first kappa shape index (κ1) is 14.7. The molecule has 0 bridgehead atoms. The average Bonchev–Trinajstić information content (AvgIpc) is 2.78. The van der Waals surface area contributed by atoms with Crippen molar-refractivity contribution in [2.75, 3.05) is 5.32 Å². The highest BCUT2D eigenvalue weighted by atomic mass is 127. The molecule has 98 valence electrons. The van der Waals surface area contributed by atoms with E-state index in [9.17, 15) is 4.79 Å². The topological polar surface area (TPSA) is 55.1 Å². The second kappa shape index (κ2) is 6.17. The van der Waals surface area contributed by atoms with Gasteiger partial charge in [-0.1, -0.05) is 29.9 Å². The van der Waals surface area contributed by atoms with Crippen molar-refractivity contribution in [3.63, 3.8) is 0 Å². The minimum atomic E-state index is -0.207. The molecular weight excluding hydrogens is 415 g/mol. The second-order valence-electron chi connectivity index (χ2n) is 3.65. The number of halogens is 2. The SMILES string of the molecule is NC(=S)c1ccc(Cl)c(NC(=O)c2csc(I)c2)c1. The molecule has 3 N–H and O–H groups in total. The van der Waals surface area contributed by atoms with E-state index < -0.39 is 0 Å². The van der Waals surface area contributed by atoms with Crippen LogP contribution in [0.15, 0.2) is 29.6 Å². The molecule has 3 nitrogen and oxygen atoms in total. The number of thiophene rings is 1. The van der Waals surface area contributed by atoms with E-state index in [1.54, 1.807) is 23.6 Å². The zero-order valence-corrected chi connectivity index (χ0v) is 14.0. The molecule has 1 aromatic carbocycles. The fraction of sp³-hybridized carbons (Fsp3) is 0. The minimum Gasteiger partial charge on any atom is -0.389 e. The Morgan fingerprint density at radius 2 is 2.11 bits per heavy atom. The molecule has 0 unspecified atom stereocenters. The van der Waals surface area contributed by atoms with Gasteiger partial charge >= 0.3 is 0 Å². The number of nitrogens with two attached hydrogens (primary N) is 1. The third kappa shape index (κ3) is 3.65. The lowest BCUT2D eigenvalue weighted by Crippen LogP contribution is -2.13. The predicted octanol–water partition coefficient (Wildman–Crippen LogP) is 3.89. The van der Waals surface area contributed by atoms with Gasteiger partial charge in [0.15, 0.2) is 0 Å². The summed E-state index contributed by atoms with van der Waals surface area (Å²) in [5.74, 6) is -0.207. The number of anilines is 1. The Morgan fingerprint density at radius 1 is 1.37 bits per heavy atom. The Hall–Kier alpha value is -0.700. The van der Waals surface area contributed by atoms with Crippen LogP contribution in [0.5, 0.6) is 0 Å². The van der Waals surface area contributed by atoms with E-state index in [0.29, 0.717) is 21.8 Å². The molecule has 19 heavy (non-hydrogen) atoms. The van der Waals surface area contributed by atoms with E-state index in [-0.39, 0.29) is 10.9 Å². The van der Waals surface area contributed by atoms with E-state index >= 15 is 0 Å². The standard InChI is InChI=1S/C12H8ClIN2OS2/c13-8-2-1-6(11(15)18)3-9(8)16-12(17)7-4-10(14)19-5-7/h1-5H,(H2,15,18)(H,16,17).